The molecule has 2 N–H and O–H groups in total. The van der Waals surface area contributed by atoms with Crippen LogP contribution < -0.4 is 30.3 Å². The Morgan fingerprint density at radius 2 is 1.73 bits per heavy atom. The lowest BCUT2D eigenvalue weighted by Crippen LogP contribution is -2.49. The fourth-order valence-electron chi connectivity index (χ4n) is 6.85. The van der Waals surface area contributed by atoms with Gasteiger partial charge in [0.25, 0.3) is 0 Å². The van der Waals surface area contributed by atoms with Gasteiger partial charge in [-0.2, -0.15) is 0 Å². The van der Waals surface area contributed by atoms with Crippen LogP contribution in [0.2, 0.25) is 0 Å². The summed E-state index contributed by atoms with van der Waals surface area (Å²) >= 11 is 0. The summed E-state index contributed by atoms with van der Waals surface area (Å²) in [5.74, 6) is 1.60. The predicted molar refractivity (Wildman–Crippen MR) is 191 cm³/mol. The molecular weight excluding hydrogens is 622 g/mol. The molecule has 11 heteroatoms. The molecule has 1 atom stereocenters. The summed E-state index contributed by atoms with van der Waals surface area (Å²) in [6.07, 6.45) is 7.04. The molecule has 1 unspecified atom stereocenters. The van der Waals surface area contributed by atoms with Crippen molar-refractivity contribution in [2.24, 2.45) is 0 Å². The van der Waals surface area contributed by atoms with Crippen LogP contribution in [-0.4, -0.2) is 87.2 Å². The van der Waals surface area contributed by atoms with Gasteiger partial charge < -0.3 is 29.7 Å². The number of methoxy groups -OCH3 is 3. The number of aryl methyl sites for hydroxylation is 1. The van der Waals surface area contributed by atoms with E-state index in [9.17, 15) is 14.4 Å². The van der Waals surface area contributed by atoms with E-state index < -0.39 is 0 Å². The number of benzene rings is 1. The lowest BCUT2D eigenvalue weighted by atomic mass is 9.95. The molecule has 0 bridgehead atoms. The second kappa shape index (κ2) is 17.1. The zero-order valence-corrected chi connectivity index (χ0v) is 29.2. The predicted octanol–water partition coefficient (Wildman–Crippen LogP) is 4.62. The monoisotopic (exact) mass is 671 g/mol. The van der Waals surface area contributed by atoms with Gasteiger partial charge in [0.2, 0.25) is 23.0 Å². The van der Waals surface area contributed by atoms with E-state index in [4.69, 9.17) is 14.2 Å². The Balaban J connectivity index is 1.17. The number of pyridine rings is 1. The molecule has 5 rings (SSSR count). The summed E-state index contributed by atoms with van der Waals surface area (Å²) in [4.78, 5) is 47.4. The van der Waals surface area contributed by atoms with Crippen molar-refractivity contribution >= 4 is 17.5 Å². The van der Waals surface area contributed by atoms with Gasteiger partial charge in [0.15, 0.2) is 11.5 Å². The van der Waals surface area contributed by atoms with E-state index in [1.54, 1.807) is 33.5 Å². The summed E-state index contributed by atoms with van der Waals surface area (Å²) < 4.78 is 17.2. The lowest BCUT2D eigenvalue weighted by molar-refractivity contribution is -0.133. The minimum absolute atomic E-state index is 0.158. The number of carbonyl (C=O) groups excluding carboxylic acids is 2. The molecule has 2 heterocycles. The Labute approximate surface area is 289 Å². The van der Waals surface area contributed by atoms with Gasteiger partial charge in [-0.05, 0) is 72.7 Å². The van der Waals surface area contributed by atoms with Crippen molar-refractivity contribution in [3.63, 3.8) is 0 Å². The number of nitrogens with one attached hydrogen (secondary N) is 2. The van der Waals surface area contributed by atoms with E-state index in [0.717, 1.165) is 86.4 Å². The van der Waals surface area contributed by atoms with Gasteiger partial charge in [-0.25, -0.2) is 0 Å². The Bertz CT molecular complexity index is 1660. The summed E-state index contributed by atoms with van der Waals surface area (Å²) in [7, 11) is 4.74. The number of hydrogen-bond donors (Lipinski definition) is 2. The van der Waals surface area contributed by atoms with Crippen molar-refractivity contribution in [2.45, 2.75) is 57.9 Å². The summed E-state index contributed by atoms with van der Waals surface area (Å²) in [6, 6.07) is 12.9. The quantitative estimate of drug-likeness (QED) is 0.237. The number of hydrogen-bond acceptors (Lipinski definition) is 9. The molecule has 11 nitrogen and oxygen atoms in total. The van der Waals surface area contributed by atoms with E-state index >= 15 is 0 Å². The highest BCUT2D eigenvalue weighted by molar-refractivity contribution is 5.83. The van der Waals surface area contributed by atoms with Crippen molar-refractivity contribution in [1.29, 1.82) is 0 Å². The number of rotatable bonds is 14. The van der Waals surface area contributed by atoms with E-state index in [1.165, 1.54) is 6.92 Å². The van der Waals surface area contributed by atoms with E-state index in [0.29, 0.717) is 48.7 Å². The molecule has 1 aliphatic carbocycles. The van der Waals surface area contributed by atoms with Crippen molar-refractivity contribution < 1.29 is 23.8 Å². The Hall–Kier alpha value is -4.64. The topological polar surface area (TPSA) is 122 Å². The van der Waals surface area contributed by atoms with Crippen LogP contribution in [0.1, 0.15) is 61.9 Å². The molecule has 2 aliphatic rings. The first-order valence-corrected chi connectivity index (χ1v) is 17.2. The first-order chi connectivity index (χ1) is 23.8. The third-order valence-corrected chi connectivity index (χ3v) is 9.43. The minimum Gasteiger partial charge on any atom is -0.493 e. The Morgan fingerprint density at radius 3 is 2.43 bits per heavy atom. The minimum atomic E-state index is -0.360. The second-order valence-electron chi connectivity index (χ2n) is 12.6. The summed E-state index contributed by atoms with van der Waals surface area (Å²) in [5, 5.41) is 6.36. The van der Waals surface area contributed by atoms with Gasteiger partial charge in [0, 0.05) is 76.5 Å². The number of amides is 2. The maximum absolute atomic E-state index is 13.5. The number of piperazine rings is 1. The molecule has 262 valence electrons. The van der Waals surface area contributed by atoms with E-state index in [2.05, 4.69) is 26.6 Å². The first-order valence-electron chi connectivity index (χ1n) is 17.2. The van der Waals surface area contributed by atoms with Gasteiger partial charge in [0.05, 0.1) is 33.1 Å². The average molecular weight is 672 g/mol. The van der Waals surface area contributed by atoms with Gasteiger partial charge in [-0.1, -0.05) is 18.6 Å². The third-order valence-electron chi connectivity index (χ3n) is 9.43. The number of carbonyl (C=O) groups is 2. The lowest BCUT2D eigenvalue weighted by Gasteiger charge is -2.34. The molecule has 0 radical (unpaired) electrons. The second-order valence-corrected chi connectivity index (χ2v) is 12.6. The van der Waals surface area contributed by atoms with Crippen LogP contribution in [0.25, 0.3) is 11.1 Å². The van der Waals surface area contributed by atoms with Crippen LogP contribution in [0.3, 0.4) is 0 Å². The van der Waals surface area contributed by atoms with Crippen LogP contribution in [0, 0.1) is 0 Å². The van der Waals surface area contributed by atoms with Crippen LogP contribution in [-0.2, 0) is 22.4 Å². The number of ether oxygens (including phenoxy) is 3. The normalized spacial score (nSPS) is 15.8. The molecule has 2 aromatic carbocycles. The maximum atomic E-state index is 13.5. The van der Waals surface area contributed by atoms with Crippen molar-refractivity contribution in [1.82, 2.24) is 20.1 Å². The Kier molecular flexibility index (Phi) is 12.5. The number of nitrogens with zero attached hydrogens (tertiary/aromatic N) is 3. The van der Waals surface area contributed by atoms with Crippen LogP contribution in [0.15, 0.2) is 53.5 Å². The number of aromatic nitrogens is 1. The molecule has 0 spiro atoms. The molecule has 1 aromatic heterocycles. The summed E-state index contributed by atoms with van der Waals surface area (Å²) in [5.41, 5.74) is 4.74. The molecule has 1 aliphatic heterocycles. The maximum Gasteiger partial charge on any atom is 0.222 e. The van der Waals surface area contributed by atoms with Crippen LogP contribution in [0.4, 0.5) is 5.69 Å². The first kappa shape index (κ1) is 35.7. The van der Waals surface area contributed by atoms with E-state index in [-0.39, 0.29) is 23.3 Å². The standard InChI is InChI=1S/C38H49N5O6/c1-26(44)41-31-14-12-27-24-34(47-2)37(48-3)38(49-4)36(27)29-13-15-32(33(45)25-30(29)31)40-18-8-5-6-11-35(46)43-22-20-42(21-23-43)19-16-28-10-7-9-17-39-28/h7,9-10,13,15,17,24-25,31H,5-6,8,11-12,14,16,18-23H2,1-4H3,(H,40,45)(H,41,44). The molecule has 0 saturated carbocycles. The number of unbranched alkanes of at least 4 members (excludes halogenated alkanes) is 2. The Morgan fingerprint density at radius 1 is 0.939 bits per heavy atom. The highest BCUT2D eigenvalue weighted by Gasteiger charge is 2.29. The van der Waals surface area contributed by atoms with Gasteiger partial charge in [-0.15, -0.1) is 0 Å². The molecular formula is C38H49N5O6. The molecule has 49 heavy (non-hydrogen) atoms. The fraction of sp³-hybridized carbons (Fsp3) is 0.474. The SMILES string of the molecule is COc1cc2c(c(OC)c1OC)-c1ccc(NCCCCCC(=O)N3CCN(CCc4ccccn4)CC3)c(=O)cc1C(NC(C)=O)CC2. The highest BCUT2D eigenvalue weighted by Crippen LogP contribution is 2.50. The van der Waals surface area contributed by atoms with Gasteiger partial charge in [-0.3, -0.25) is 24.3 Å². The average Bonchev–Trinajstić information content (AvgIpc) is 3.36. The fourth-order valence-corrected chi connectivity index (χ4v) is 6.85. The largest absolute Gasteiger partial charge is 0.493 e. The van der Waals surface area contributed by atoms with Crippen molar-refractivity contribution in [3.8, 4) is 28.4 Å². The van der Waals surface area contributed by atoms with Crippen LogP contribution >= 0.6 is 0 Å². The van der Waals surface area contributed by atoms with Crippen molar-refractivity contribution in [2.75, 3.05) is 65.9 Å². The van der Waals surface area contributed by atoms with Crippen molar-refractivity contribution in [3.05, 3.63) is 75.7 Å². The molecule has 3 aromatic rings. The van der Waals surface area contributed by atoms with Gasteiger partial charge in [0.1, 0.15) is 0 Å². The number of anilines is 1. The zero-order chi connectivity index (χ0) is 34.8. The number of fused-ring (bicyclic) bond motifs is 3. The molecule has 1 saturated heterocycles. The smallest absolute Gasteiger partial charge is 0.222 e. The van der Waals surface area contributed by atoms with Crippen LogP contribution in [0.5, 0.6) is 17.2 Å². The molecule has 2 amide bonds. The third kappa shape index (κ3) is 8.89. The zero-order valence-electron chi connectivity index (χ0n) is 29.2. The summed E-state index contributed by atoms with van der Waals surface area (Å²) in [6.45, 7) is 6.37. The van der Waals surface area contributed by atoms with E-state index in [1.807, 2.05) is 35.4 Å². The van der Waals surface area contributed by atoms with Gasteiger partial charge >= 0.3 is 0 Å². The highest BCUT2D eigenvalue weighted by atomic mass is 16.5. The molecule has 1 fully saturated rings.